The zero-order valence-electron chi connectivity index (χ0n) is 11.1. The summed E-state index contributed by atoms with van der Waals surface area (Å²) >= 11 is 0. The summed E-state index contributed by atoms with van der Waals surface area (Å²) in [4.78, 5) is 24.6. The van der Waals surface area contributed by atoms with Crippen molar-refractivity contribution >= 4 is 12.0 Å². The van der Waals surface area contributed by atoms with Gasteiger partial charge in [0.2, 0.25) is 0 Å². The molecule has 0 spiro atoms. The van der Waals surface area contributed by atoms with Crippen molar-refractivity contribution in [1.82, 2.24) is 10.2 Å². The fourth-order valence-electron chi connectivity index (χ4n) is 2.66. The largest absolute Gasteiger partial charge is 0.481 e. The van der Waals surface area contributed by atoms with Gasteiger partial charge in [0, 0.05) is 32.8 Å². The van der Waals surface area contributed by atoms with Crippen molar-refractivity contribution in [2.75, 3.05) is 32.8 Å². The van der Waals surface area contributed by atoms with Gasteiger partial charge in [-0.2, -0.15) is 0 Å². The van der Waals surface area contributed by atoms with E-state index in [0.717, 1.165) is 32.5 Å². The van der Waals surface area contributed by atoms with E-state index in [-0.39, 0.29) is 6.03 Å². The fraction of sp³-hybridized carbons (Fsp3) is 0.846. The molecule has 6 nitrogen and oxygen atoms in total. The predicted molar refractivity (Wildman–Crippen MR) is 68.9 cm³/mol. The molecule has 0 aromatic heterocycles. The lowest BCUT2D eigenvalue weighted by atomic mass is 9.98. The van der Waals surface area contributed by atoms with E-state index in [9.17, 15) is 9.59 Å². The summed E-state index contributed by atoms with van der Waals surface area (Å²) in [7, 11) is 0. The van der Waals surface area contributed by atoms with E-state index in [1.807, 2.05) is 0 Å². The van der Waals surface area contributed by atoms with Gasteiger partial charge in [0.1, 0.15) is 0 Å². The summed E-state index contributed by atoms with van der Waals surface area (Å²) in [5, 5.41) is 11.9. The van der Waals surface area contributed by atoms with Crippen LogP contribution in [0, 0.1) is 11.8 Å². The monoisotopic (exact) mass is 270 g/mol. The number of nitrogens with zero attached hydrogens (tertiary/aromatic N) is 1. The van der Waals surface area contributed by atoms with Gasteiger partial charge in [0.25, 0.3) is 0 Å². The highest BCUT2D eigenvalue weighted by atomic mass is 16.5. The van der Waals surface area contributed by atoms with Crippen molar-refractivity contribution in [2.24, 2.45) is 11.8 Å². The maximum atomic E-state index is 12.0. The lowest BCUT2D eigenvalue weighted by molar-refractivity contribution is -0.143. The summed E-state index contributed by atoms with van der Waals surface area (Å²) in [6.07, 6.45) is 3.40. The van der Waals surface area contributed by atoms with E-state index in [1.54, 1.807) is 4.90 Å². The van der Waals surface area contributed by atoms with Crippen molar-refractivity contribution < 1.29 is 19.4 Å². The van der Waals surface area contributed by atoms with Crippen LogP contribution in [0.1, 0.15) is 25.7 Å². The minimum absolute atomic E-state index is 0.127. The molecule has 2 aliphatic heterocycles. The molecule has 0 aliphatic carbocycles. The van der Waals surface area contributed by atoms with E-state index in [2.05, 4.69) is 5.32 Å². The molecule has 2 N–H and O–H groups in total. The first-order valence-electron chi connectivity index (χ1n) is 7.00. The lowest BCUT2D eigenvalue weighted by Crippen LogP contribution is -2.48. The molecule has 0 unspecified atom stereocenters. The number of hydrogen-bond donors (Lipinski definition) is 2. The first-order valence-corrected chi connectivity index (χ1v) is 7.00. The molecule has 19 heavy (non-hydrogen) atoms. The molecule has 1 atom stereocenters. The van der Waals surface area contributed by atoms with Crippen molar-refractivity contribution in [2.45, 2.75) is 25.7 Å². The number of carboxylic acids is 1. The number of carbonyl (C=O) groups is 2. The highest BCUT2D eigenvalue weighted by molar-refractivity contribution is 5.76. The number of aliphatic carboxylic acids is 1. The summed E-state index contributed by atoms with van der Waals surface area (Å²) in [6.45, 7) is 3.19. The number of urea groups is 1. The van der Waals surface area contributed by atoms with Crippen molar-refractivity contribution in [3.63, 3.8) is 0 Å². The molecule has 0 bridgehead atoms. The molecule has 0 aromatic carbocycles. The Morgan fingerprint density at radius 1 is 1.26 bits per heavy atom. The Hall–Kier alpha value is -1.30. The Morgan fingerprint density at radius 2 is 2.00 bits per heavy atom. The zero-order valence-corrected chi connectivity index (χ0v) is 11.1. The molecule has 2 amide bonds. The highest BCUT2D eigenvalue weighted by Crippen LogP contribution is 2.17. The van der Waals surface area contributed by atoms with E-state index in [0.29, 0.717) is 32.0 Å². The average Bonchev–Trinajstić information content (AvgIpc) is 2.46. The topological polar surface area (TPSA) is 78.9 Å². The maximum absolute atomic E-state index is 12.0. The van der Waals surface area contributed by atoms with Gasteiger partial charge in [-0.15, -0.1) is 0 Å². The second-order valence-electron chi connectivity index (χ2n) is 5.37. The maximum Gasteiger partial charge on any atom is 0.317 e. The smallest absolute Gasteiger partial charge is 0.317 e. The number of nitrogens with one attached hydrogen (secondary N) is 1. The molecule has 2 fully saturated rings. The van der Waals surface area contributed by atoms with Crippen molar-refractivity contribution in [1.29, 1.82) is 0 Å². The molecule has 2 aliphatic rings. The summed E-state index contributed by atoms with van der Waals surface area (Å²) in [5.41, 5.74) is 0. The van der Waals surface area contributed by atoms with Crippen molar-refractivity contribution in [3.8, 4) is 0 Å². The number of carbonyl (C=O) groups excluding carboxylic acids is 1. The van der Waals surface area contributed by atoms with E-state index >= 15 is 0 Å². The zero-order chi connectivity index (χ0) is 13.7. The second kappa shape index (κ2) is 6.75. The van der Waals surface area contributed by atoms with Gasteiger partial charge in [0.05, 0.1) is 5.92 Å². The first kappa shape index (κ1) is 14.1. The minimum atomic E-state index is -0.804. The predicted octanol–water partition coefficient (Wildman–Crippen LogP) is 0.919. The number of likely N-dealkylation sites (tertiary alicyclic amines) is 1. The second-order valence-corrected chi connectivity index (χ2v) is 5.37. The Kier molecular flexibility index (Phi) is 5.01. The number of carboxylic acid groups (broad SMARTS) is 1. The van der Waals surface area contributed by atoms with Crippen LogP contribution in [0.4, 0.5) is 4.79 Å². The van der Waals surface area contributed by atoms with Gasteiger partial charge < -0.3 is 20.1 Å². The van der Waals surface area contributed by atoms with E-state index in [1.165, 1.54) is 0 Å². The van der Waals surface area contributed by atoms with Crippen LogP contribution in [0.15, 0.2) is 0 Å². The van der Waals surface area contributed by atoms with Crippen LogP contribution in [0.5, 0.6) is 0 Å². The van der Waals surface area contributed by atoms with E-state index < -0.39 is 11.9 Å². The van der Waals surface area contributed by atoms with Gasteiger partial charge in [-0.3, -0.25) is 4.79 Å². The summed E-state index contributed by atoms with van der Waals surface area (Å²) < 4.78 is 5.27. The molecule has 0 saturated carbocycles. The average molecular weight is 270 g/mol. The lowest BCUT2D eigenvalue weighted by Gasteiger charge is -2.31. The molecule has 0 radical (unpaired) electrons. The fourth-order valence-corrected chi connectivity index (χ4v) is 2.66. The van der Waals surface area contributed by atoms with Gasteiger partial charge in [-0.1, -0.05) is 0 Å². The number of hydrogen-bond acceptors (Lipinski definition) is 3. The van der Waals surface area contributed by atoms with Gasteiger partial charge >= 0.3 is 12.0 Å². The van der Waals surface area contributed by atoms with Gasteiger partial charge in [-0.25, -0.2) is 4.79 Å². The number of ether oxygens (including phenoxy) is 1. The molecule has 6 heteroatoms. The van der Waals surface area contributed by atoms with Gasteiger partial charge in [-0.05, 0) is 31.6 Å². The third kappa shape index (κ3) is 4.09. The van der Waals surface area contributed by atoms with Crippen LogP contribution in [-0.2, 0) is 9.53 Å². The molecule has 2 rings (SSSR count). The molecular formula is C13H22N2O4. The Labute approximate surface area is 113 Å². The molecule has 0 aromatic rings. The highest BCUT2D eigenvalue weighted by Gasteiger charge is 2.28. The van der Waals surface area contributed by atoms with Crippen LogP contribution >= 0.6 is 0 Å². The third-order valence-corrected chi connectivity index (χ3v) is 3.94. The van der Waals surface area contributed by atoms with E-state index in [4.69, 9.17) is 9.84 Å². The molecule has 2 saturated heterocycles. The Morgan fingerprint density at radius 3 is 2.68 bits per heavy atom. The molecule has 2 heterocycles. The number of rotatable bonds is 3. The van der Waals surface area contributed by atoms with Crippen molar-refractivity contribution in [3.05, 3.63) is 0 Å². The van der Waals surface area contributed by atoms with Crippen LogP contribution in [0.3, 0.4) is 0 Å². The quantitative estimate of drug-likeness (QED) is 0.799. The number of amides is 2. The van der Waals surface area contributed by atoms with Gasteiger partial charge in [0.15, 0.2) is 0 Å². The normalized spacial score (nSPS) is 25.1. The standard InChI is InChI=1S/C13H22N2O4/c16-12(17)11-2-1-5-15(9-11)13(18)14-8-10-3-6-19-7-4-10/h10-11H,1-9H2,(H,14,18)(H,16,17)/t11-/m1/s1. The first-order chi connectivity index (χ1) is 9.16. The van der Waals surface area contributed by atoms with Crippen LogP contribution < -0.4 is 5.32 Å². The molecule has 108 valence electrons. The SMILES string of the molecule is O=C(O)[C@@H]1CCCN(C(=O)NCC2CCOCC2)C1. The van der Waals surface area contributed by atoms with Crippen LogP contribution in [0.25, 0.3) is 0 Å². The summed E-state index contributed by atoms with van der Waals surface area (Å²) in [6, 6.07) is -0.127. The van der Waals surface area contributed by atoms with Crippen LogP contribution in [0.2, 0.25) is 0 Å². The Bertz CT molecular complexity index is 329. The summed E-state index contributed by atoms with van der Waals surface area (Å²) in [5.74, 6) is -0.734. The minimum Gasteiger partial charge on any atom is -0.481 e. The molecular weight excluding hydrogens is 248 g/mol. The van der Waals surface area contributed by atoms with Crippen LogP contribution in [-0.4, -0.2) is 54.9 Å². The number of piperidine rings is 1. The third-order valence-electron chi connectivity index (χ3n) is 3.94. The Balaban J connectivity index is 1.74.